The van der Waals surface area contributed by atoms with Gasteiger partial charge in [0.1, 0.15) is 17.5 Å². The lowest BCUT2D eigenvalue weighted by atomic mass is 9.91. The largest absolute Gasteiger partial charge is 0.496 e. The molecule has 12 heteroatoms. The van der Waals surface area contributed by atoms with Crippen LogP contribution in [0.4, 0.5) is 0 Å². The van der Waals surface area contributed by atoms with Crippen LogP contribution in [0.5, 0.6) is 5.75 Å². The van der Waals surface area contributed by atoms with Crippen LogP contribution in [0.15, 0.2) is 30.3 Å². The van der Waals surface area contributed by atoms with Gasteiger partial charge in [0.05, 0.1) is 24.4 Å². The van der Waals surface area contributed by atoms with Crippen LogP contribution in [0.1, 0.15) is 83.7 Å². The number of benzene rings is 1. The molecule has 2 aromatic heterocycles. The van der Waals surface area contributed by atoms with Crippen molar-refractivity contribution in [1.82, 2.24) is 25.9 Å². The molecule has 0 saturated carbocycles. The highest BCUT2D eigenvalue weighted by Gasteiger charge is 2.31. The first-order valence-electron chi connectivity index (χ1n) is 16.1. The normalized spacial score (nSPS) is 15.9. The first-order chi connectivity index (χ1) is 22.4. The second kappa shape index (κ2) is 15.7. The van der Waals surface area contributed by atoms with Gasteiger partial charge in [-0.05, 0) is 88.6 Å². The fraction of sp³-hybridized carbons (Fsp3) is 0.486. The highest BCUT2D eigenvalue weighted by Crippen LogP contribution is 2.26. The fourth-order valence-electron chi connectivity index (χ4n) is 6.07. The summed E-state index contributed by atoms with van der Waals surface area (Å²) in [4.78, 5) is 73.4. The molecule has 252 valence electrons. The molecule has 47 heavy (non-hydrogen) atoms. The Labute approximate surface area is 274 Å². The van der Waals surface area contributed by atoms with Crippen LogP contribution in [0.3, 0.4) is 0 Å². The molecule has 1 aliphatic rings. The van der Waals surface area contributed by atoms with Crippen LogP contribution < -0.4 is 20.7 Å². The minimum Gasteiger partial charge on any atom is -0.496 e. The Bertz CT molecular complexity index is 1620. The van der Waals surface area contributed by atoms with E-state index in [4.69, 9.17) is 9.47 Å². The maximum absolute atomic E-state index is 13.7. The summed E-state index contributed by atoms with van der Waals surface area (Å²) < 4.78 is 10.8. The number of carbonyl (C=O) groups is 5. The summed E-state index contributed by atoms with van der Waals surface area (Å²) in [7, 11) is 1.55. The minimum atomic E-state index is -1.05. The molecular weight excluding hydrogens is 602 g/mol. The maximum atomic E-state index is 13.7. The molecular formula is C35H45N5O7. The number of pyridine rings is 1. The van der Waals surface area contributed by atoms with Crippen molar-refractivity contribution in [3.63, 3.8) is 0 Å². The lowest BCUT2D eigenvalue weighted by Crippen LogP contribution is -2.53. The molecule has 0 unspecified atom stereocenters. The molecule has 1 aliphatic heterocycles. The van der Waals surface area contributed by atoms with Crippen LogP contribution >= 0.6 is 0 Å². The number of piperidine rings is 1. The third kappa shape index (κ3) is 8.96. The monoisotopic (exact) mass is 647 g/mol. The molecule has 1 aromatic carbocycles. The van der Waals surface area contributed by atoms with E-state index in [1.54, 1.807) is 45.2 Å². The van der Waals surface area contributed by atoms with Crippen LogP contribution in [0, 0.1) is 32.6 Å². The van der Waals surface area contributed by atoms with Crippen LogP contribution in [0.2, 0.25) is 0 Å². The fourth-order valence-corrected chi connectivity index (χ4v) is 6.07. The lowest BCUT2D eigenvalue weighted by molar-refractivity contribution is -0.131. The molecule has 4 rings (SSSR count). The van der Waals surface area contributed by atoms with Crippen molar-refractivity contribution >= 4 is 40.4 Å². The van der Waals surface area contributed by atoms with Gasteiger partial charge in [0.15, 0.2) is 12.4 Å². The van der Waals surface area contributed by atoms with E-state index in [9.17, 15) is 24.0 Å². The smallest absolute Gasteiger partial charge is 0.340 e. The van der Waals surface area contributed by atoms with Crippen molar-refractivity contribution in [1.29, 1.82) is 0 Å². The summed E-state index contributed by atoms with van der Waals surface area (Å²) >= 11 is 0. The number of amides is 3. The number of hydrogen-bond acceptors (Lipinski definition) is 8. The summed E-state index contributed by atoms with van der Waals surface area (Å²) in [6.07, 6.45) is 2.32. The molecule has 1 fully saturated rings. The van der Waals surface area contributed by atoms with Gasteiger partial charge in [0.2, 0.25) is 11.8 Å². The van der Waals surface area contributed by atoms with Crippen LogP contribution in [-0.4, -0.2) is 71.8 Å². The summed E-state index contributed by atoms with van der Waals surface area (Å²) in [5, 5.41) is 9.19. The number of fused-ring (bicyclic) bond motifs is 1. The number of aryl methyl sites for hydroxylation is 3. The first kappa shape index (κ1) is 35.1. The number of aromatic amines is 1. The van der Waals surface area contributed by atoms with Gasteiger partial charge in [-0.15, -0.1) is 0 Å². The van der Waals surface area contributed by atoms with Gasteiger partial charge < -0.3 is 30.4 Å². The molecule has 3 atom stereocenters. The first-order valence-corrected chi connectivity index (χ1v) is 16.1. The Kier molecular flexibility index (Phi) is 11.7. The zero-order valence-corrected chi connectivity index (χ0v) is 28.0. The van der Waals surface area contributed by atoms with Crippen molar-refractivity contribution < 1.29 is 33.4 Å². The minimum absolute atomic E-state index is 0.0319. The molecule has 3 aromatic rings. The number of nitrogens with zero attached hydrogens (tertiary/aromatic N) is 1. The number of aromatic nitrogens is 2. The lowest BCUT2D eigenvalue weighted by Gasteiger charge is -2.26. The zero-order chi connectivity index (χ0) is 34.2. The Morgan fingerprint density at radius 2 is 1.83 bits per heavy atom. The quantitative estimate of drug-likeness (QED) is 0.191. The number of rotatable bonds is 14. The van der Waals surface area contributed by atoms with Crippen molar-refractivity contribution in [2.75, 3.05) is 20.3 Å². The second-order valence-corrected chi connectivity index (χ2v) is 12.6. The standard InChI is InChI=1S/C35H45N5O7/c1-19(2)15-27(40-34(44)28-17-24-25(38-28)10-7-11-30(24)46-6)33(43)39-26(13-12-23-9-8-14-36-32(23)42)29(41)18-47-35(45)31-20(3)16-21(4)37-22(31)5/h7,10-11,16-17,19,23,26-27,38H,8-9,12-15,18H2,1-6H3,(H,36,42)(H,39,43)(H,40,44)/t23-,26-,27-/m0/s1. The van der Waals surface area contributed by atoms with Gasteiger partial charge in [0, 0.05) is 29.1 Å². The van der Waals surface area contributed by atoms with E-state index in [0.29, 0.717) is 48.3 Å². The Balaban J connectivity index is 1.50. The van der Waals surface area contributed by atoms with E-state index in [1.807, 2.05) is 26.8 Å². The number of H-pyrrole nitrogens is 1. The average molecular weight is 648 g/mol. The molecule has 1 saturated heterocycles. The number of carbonyl (C=O) groups excluding carboxylic acids is 5. The number of nitrogens with one attached hydrogen (secondary N) is 4. The summed E-state index contributed by atoms with van der Waals surface area (Å²) in [5.41, 5.74) is 3.19. The summed E-state index contributed by atoms with van der Waals surface area (Å²) in [6.45, 7) is 9.18. The third-order valence-corrected chi connectivity index (χ3v) is 8.40. The van der Waals surface area contributed by atoms with Crippen molar-refractivity contribution in [2.45, 2.75) is 78.8 Å². The number of hydrogen-bond donors (Lipinski definition) is 4. The predicted molar refractivity (Wildman–Crippen MR) is 176 cm³/mol. The van der Waals surface area contributed by atoms with Gasteiger partial charge in [-0.3, -0.25) is 24.2 Å². The number of esters is 1. The second-order valence-electron chi connectivity index (χ2n) is 12.6. The van der Waals surface area contributed by atoms with E-state index >= 15 is 0 Å². The number of ether oxygens (including phenoxy) is 2. The SMILES string of the molecule is COc1cccc2[nH]c(C(=O)N[C@@H](CC(C)C)C(=O)N[C@@H](CC[C@@H]3CCCNC3=O)C(=O)COC(=O)c3c(C)cc(C)nc3C)cc12. The molecule has 12 nitrogen and oxygen atoms in total. The molecule has 4 N–H and O–H groups in total. The van der Waals surface area contributed by atoms with Gasteiger partial charge in [-0.1, -0.05) is 19.9 Å². The van der Waals surface area contributed by atoms with Crippen molar-refractivity contribution in [2.24, 2.45) is 11.8 Å². The third-order valence-electron chi connectivity index (χ3n) is 8.40. The number of methoxy groups -OCH3 is 1. The number of ketones is 1. The van der Waals surface area contributed by atoms with E-state index in [1.165, 1.54) is 0 Å². The Hall–Kier alpha value is -4.74. The Morgan fingerprint density at radius 3 is 2.51 bits per heavy atom. The van der Waals surface area contributed by atoms with Gasteiger partial charge in [0.25, 0.3) is 5.91 Å². The molecule has 0 radical (unpaired) electrons. The van der Waals surface area contributed by atoms with E-state index in [-0.39, 0.29) is 35.4 Å². The number of Topliss-reactive ketones (excluding diaryl/α,β-unsaturated/α-hetero) is 1. The highest BCUT2D eigenvalue weighted by molar-refractivity contribution is 6.02. The zero-order valence-electron chi connectivity index (χ0n) is 28.0. The topological polar surface area (TPSA) is 169 Å². The van der Waals surface area contributed by atoms with E-state index in [0.717, 1.165) is 17.5 Å². The average Bonchev–Trinajstić information content (AvgIpc) is 3.46. The van der Waals surface area contributed by atoms with Crippen molar-refractivity contribution in [3.8, 4) is 5.75 Å². The van der Waals surface area contributed by atoms with Gasteiger partial charge in [-0.2, -0.15) is 0 Å². The van der Waals surface area contributed by atoms with Gasteiger partial charge >= 0.3 is 5.97 Å². The van der Waals surface area contributed by atoms with Crippen LogP contribution in [0.25, 0.3) is 10.9 Å². The summed E-state index contributed by atoms with van der Waals surface area (Å²) in [5.74, 6) is -1.99. The van der Waals surface area contributed by atoms with E-state index in [2.05, 4.69) is 25.9 Å². The maximum Gasteiger partial charge on any atom is 0.340 e. The molecule has 0 bridgehead atoms. The summed E-state index contributed by atoms with van der Waals surface area (Å²) in [6, 6.07) is 6.83. The molecule has 0 spiro atoms. The molecule has 0 aliphatic carbocycles. The molecule has 3 heterocycles. The molecule has 3 amide bonds. The highest BCUT2D eigenvalue weighted by atomic mass is 16.5. The van der Waals surface area contributed by atoms with Gasteiger partial charge in [-0.25, -0.2) is 4.79 Å². The Morgan fingerprint density at radius 1 is 1.06 bits per heavy atom. The van der Waals surface area contributed by atoms with Crippen LogP contribution in [-0.2, 0) is 19.1 Å². The van der Waals surface area contributed by atoms with E-state index < -0.39 is 42.3 Å². The van der Waals surface area contributed by atoms with Crippen molar-refractivity contribution in [3.05, 3.63) is 58.5 Å². The predicted octanol–water partition coefficient (Wildman–Crippen LogP) is 3.86.